The lowest BCUT2D eigenvalue weighted by atomic mass is 9.97. The second kappa shape index (κ2) is 8.76. The van der Waals surface area contributed by atoms with E-state index in [1.165, 1.54) is 28.6 Å². The second-order valence-electron chi connectivity index (χ2n) is 7.99. The first-order valence-electron chi connectivity index (χ1n) is 10.1. The number of rotatable bonds is 5. The van der Waals surface area contributed by atoms with E-state index in [2.05, 4.69) is 13.8 Å². The molecule has 1 aromatic carbocycles. The highest BCUT2D eigenvalue weighted by molar-refractivity contribution is 7.89. The number of carbonyl (C=O) groups excluding carboxylic acids is 1. The quantitative estimate of drug-likeness (QED) is 0.539. The number of piperazine rings is 1. The zero-order valence-electron chi connectivity index (χ0n) is 16.9. The molecule has 2 aliphatic heterocycles. The largest absolute Gasteiger partial charge is 0.332 e. The van der Waals surface area contributed by atoms with Crippen LogP contribution >= 0.6 is 0 Å². The summed E-state index contributed by atoms with van der Waals surface area (Å²) < 4.78 is 27.1. The van der Waals surface area contributed by atoms with Gasteiger partial charge < -0.3 is 9.80 Å². The Labute approximate surface area is 171 Å². The monoisotopic (exact) mass is 425 g/mol. The molecular weight excluding hydrogens is 396 g/mol. The van der Waals surface area contributed by atoms with E-state index in [-0.39, 0.29) is 36.0 Å². The summed E-state index contributed by atoms with van der Waals surface area (Å²) in [6, 6.07) is 5.90. The van der Waals surface area contributed by atoms with E-state index in [1.54, 1.807) is 0 Å². The number of hydrogen-bond acceptors (Lipinski definition) is 5. The molecule has 10 heteroatoms. The average molecular weight is 426 g/mol. The number of benzene rings is 1. The SMILES string of the molecule is C[C@@H]1CCC[C@@H](C)N1C(=O)C[NH+]1CCN(S(=O)(=O)c2ccccc2[N+](=O)[O-])CC1. The van der Waals surface area contributed by atoms with Crippen LogP contribution in [0, 0.1) is 10.1 Å². The average Bonchev–Trinajstić information content (AvgIpc) is 2.68. The molecule has 0 aromatic heterocycles. The van der Waals surface area contributed by atoms with Crippen molar-refractivity contribution in [3.8, 4) is 0 Å². The fourth-order valence-corrected chi connectivity index (χ4v) is 6.00. The maximum atomic E-state index is 12.9. The highest BCUT2D eigenvalue weighted by Gasteiger charge is 2.36. The van der Waals surface area contributed by atoms with E-state index < -0.39 is 20.6 Å². The van der Waals surface area contributed by atoms with E-state index in [1.807, 2.05) is 4.90 Å². The molecule has 1 N–H and O–H groups in total. The van der Waals surface area contributed by atoms with Crippen LogP contribution in [0.3, 0.4) is 0 Å². The Kier molecular flexibility index (Phi) is 6.55. The normalized spacial score (nSPS) is 24.4. The topological polar surface area (TPSA) is 105 Å². The Hall–Kier alpha value is -2.04. The molecule has 1 amide bonds. The molecular formula is C19H29N4O5S+. The zero-order chi connectivity index (χ0) is 21.2. The van der Waals surface area contributed by atoms with Crippen LogP contribution in [0.25, 0.3) is 0 Å². The first-order valence-corrected chi connectivity index (χ1v) is 11.5. The molecule has 2 saturated heterocycles. The van der Waals surface area contributed by atoms with Gasteiger partial charge in [-0.1, -0.05) is 12.1 Å². The van der Waals surface area contributed by atoms with Gasteiger partial charge in [-0.2, -0.15) is 4.31 Å². The molecule has 0 spiro atoms. The van der Waals surface area contributed by atoms with Gasteiger partial charge in [-0.15, -0.1) is 0 Å². The second-order valence-corrected chi connectivity index (χ2v) is 9.89. The van der Waals surface area contributed by atoms with Crippen molar-refractivity contribution < 1.29 is 23.0 Å². The van der Waals surface area contributed by atoms with Gasteiger partial charge >= 0.3 is 0 Å². The maximum Gasteiger partial charge on any atom is 0.289 e. The molecule has 9 nitrogen and oxygen atoms in total. The fraction of sp³-hybridized carbons (Fsp3) is 0.632. The van der Waals surface area contributed by atoms with E-state index in [9.17, 15) is 23.3 Å². The molecule has 0 radical (unpaired) electrons. The van der Waals surface area contributed by atoms with E-state index in [0.717, 1.165) is 24.2 Å². The van der Waals surface area contributed by atoms with Crippen molar-refractivity contribution in [1.82, 2.24) is 9.21 Å². The number of likely N-dealkylation sites (tertiary alicyclic amines) is 1. The number of para-hydroxylation sites is 1. The van der Waals surface area contributed by atoms with Gasteiger partial charge in [0.25, 0.3) is 11.6 Å². The standard InChI is InChI=1S/C19H28N4O5S/c1-15-6-5-7-16(2)22(15)19(24)14-20-10-12-21(13-11-20)29(27,28)18-9-4-3-8-17(18)23(25)26/h3-4,8-9,15-16H,5-7,10-14H2,1-2H3/p+1/t15-,16-/m1/s1. The number of hydrogen-bond donors (Lipinski definition) is 1. The van der Waals surface area contributed by atoms with Gasteiger partial charge in [-0.25, -0.2) is 8.42 Å². The lowest BCUT2D eigenvalue weighted by molar-refractivity contribution is -0.896. The van der Waals surface area contributed by atoms with Gasteiger partial charge in [0.1, 0.15) is 0 Å². The minimum atomic E-state index is -3.94. The molecule has 0 unspecified atom stereocenters. The molecule has 2 atom stereocenters. The predicted molar refractivity (Wildman–Crippen MR) is 107 cm³/mol. The van der Waals surface area contributed by atoms with Crippen LogP contribution in [0.1, 0.15) is 33.1 Å². The van der Waals surface area contributed by atoms with Crippen molar-refractivity contribution in [2.24, 2.45) is 0 Å². The third kappa shape index (κ3) is 4.59. The minimum Gasteiger partial charge on any atom is -0.332 e. The van der Waals surface area contributed by atoms with E-state index in [4.69, 9.17) is 0 Å². The van der Waals surface area contributed by atoms with Crippen LogP contribution in [0.5, 0.6) is 0 Å². The van der Waals surface area contributed by atoms with Crippen molar-refractivity contribution >= 4 is 21.6 Å². The van der Waals surface area contributed by atoms with E-state index >= 15 is 0 Å². The molecule has 0 bridgehead atoms. The molecule has 160 valence electrons. The van der Waals surface area contributed by atoms with Gasteiger partial charge in [-0.3, -0.25) is 14.9 Å². The van der Waals surface area contributed by atoms with Crippen LogP contribution in [0.4, 0.5) is 5.69 Å². The van der Waals surface area contributed by atoms with Crippen LogP contribution in [0.15, 0.2) is 29.2 Å². The van der Waals surface area contributed by atoms with Crippen LogP contribution in [0.2, 0.25) is 0 Å². The van der Waals surface area contributed by atoms with Gasteiger partial charge in [0.15, 0.2) is 11.4 Å². The molecule has 2 aliphatic rings. The Morgan fingerprint density at radius 2 is 1.76 bits per heavy atom. The van der Waals surface area contributed by atoms with Crippen LogP contribution in [-0.2, 0) is 14.8 Å². The zero-order valence-corrected chi connectivity index (χ0v) is 17.7. The summed E-state index contributed by atoms with van der Waals surface area (Å²) in [5.41, 5.74) is -0.412. The number of piperidine rings is 1. The molecule has 29 heavy (non-hydrogen) atoms. The summed E-state index contributed by atoms with van der Waals surface area (Å²) in [6.45, 7) is 6.00. The highest BCUT2D eigenvalue weighted by atomic mass is 32.2. The van der Waals surface area contributed by atoms with Gasteiger partial charge in [0, 0.05) is 18.2 Å². The molecule has 0 saturated carbocycles. The van der Waals surface area contributed by atoms with Gasteiger partial charge in [-0.05, 0) is 39.2 Å². The summed E-state index contributed by atoms with van der Waals surface area (Å²) in [5.74, 6) is 0.120. The van der Waals surface area contributed by atoms with Gasteiger partial charge in [0.05, 0.1) is 31.1 Å². The predicted octanol–water partition coefficient (Wildman–Crippen LogP) is 0.274. The molecule has 0 aliphatic carbocycles. The number of nitrogens with zero attached hydrogens (tertiary/aromatic N) is 3. The summed E-state index contributed by atoms with van der Waals surface area (Å²) in [4.78, 5) is 26.1. The smallest absolute Gasteiger partial charge is 0.289 e. The Bertz CT molecular complexity index is 857. The number of sulfonamides is 1. The summed E-state index contributed by atoms with van der Waals surface area (Å²) in [7, 11) is -3.94. The number of nitro benzene ring substituents is 1. The number of amides is 1. The number of nitro groups is 1. The number of nitrogens with one attached hydrogen (secondary N) is 1. The summed E-state index contributed by atoms with van der Waals surface area (Å²) in [5, 5.41) is 11.2. The number of carbonyl (C=O) groups is 1. The van der Waals surface area contributed by atoms with Crippen molar-refractivity contribution in [2.45, 2.75) is 50.1 Å². The lowest BCUT2D eigenvalue weighted by Crippen LogP contribution is -3.15. The van der Waals surface area contributed by atoms with Gasteiger partial charge in [0.2, 0.25) is 10.0 Å². The maximum absolute atomic E-state index is 12.9. The molecule has 2 heterocycles. The summed E-state index contributed by atoms with van der Waals surface area (Å²) in [6.07, 6.45) is 3.18. The molecule has 3 rings (SSSR count). The fourth-order valence-electron chi connectivity index (χ4n) is 4.40. The van der Waals surface area contributed by atoms with Crippen molar-refractivity contribution in [3.63, 3.8) is 0 Å². The Balaban J connectivity index is 1.63. The van der Waals surface area contributed by atoms with Crippen molar-refractivity contribution in [3.05, 3.63) is 34.4 Å². The van der Waals surface area contributed by atoms with Crippen molar-refractivity contribution in [1.29, 1.82) is 0 Å². The Morgan fingerprint density at radius 3 is 2.34 bits per heavy atom. The first kappa shape index (κ1) is 21.7. The number of quaternary nitrogens is 1. The lowest BCUT2D eigenvalue weighted by Gasteiger charge is -2.40. The first-order chi connectivity index (χ1) is 13.7. The minimum absolute atomic E-state index is 0.120. The Morgan fingerprint density at radius 1 is 1.17 bits per heavy atom. The molecule has 2 fully saturated rings. The van der Waals surface area contributed by atoms with Crippen LogP contribution in [-0.4, -0.2) is 73.3 Å². The van der Waals surface area contributed by atoms with E-state index in [0.29, 0.717) is 19.6 Å². The third-order valence-electron chi connectivity index (χ3n) is 5.99. The molecule has 1 aromatic rings. The summed E-state index contributed by atoms with van der Waals surface area (Å²) >= 11 is 0. The van der Waals surface area contributed by atoms with Crippen molar-refractivity contribution in [2.75, 3.05) is 32.7 Å². The highest BCUT2D eigenvalue weighted by Crippen LogP contribution is 2.26. The third-order valence-corrected chi connectivity index (χ3v) is 7.94. The van der Waals surface area contributed by atoms with Crippen LogP contribution < -0.4 is 4.90 Å².